The fourth-order valence-electron chi connectivity index (χ4n) is 2.98. The van der Waals surface area contributed by atoms with Crippen molar-refractivity contribution in [1.29, 1.82) is 0 Å². The summed E-state index contributed by atoms with van der Waals surface area (Å²) in [5.74, 6) is 3.14. The molecule has 0 saturated heterocycles. The minimum Gasteiger partial charge on any atom is -0.493 e. The van der Waals surface area contributed by atoms with Crippen molar-refractivity contribution in [2.24, 2.45) is 0 Å². The van der Waals surface area contributed by atoms with Crippen molar-refractivity contribution < 1.29 is 18.9 Å². The van der Waals surface area contributed by atoms with Crippen molar-refractivity contribution in [2.45, 2.75) is 13.2 Å². The molecule has 0 saturated carbocycles. The average Bonchev–Trinajstić information content (AvgIpc) is 2.51. The molecule has 0 atom stereocenters. The third-order valence-electron chi connectivity index (χ3n) is 3.85. The summed E-state index contributed by atoms with van der Waals surface area (Å²) >= 11 is 0. The number of methoxy groups -OCH3 is 2. The monoisotopic (exact) mass is 270 g/mol. The van der Waals surface area contributed by atoms with Crippen LogP contribution in [0.2, 0.25) is 0 Å². The average molecular weight is 270 g/mol. The molecule has 0 radical (unpaired) electrons. The van der Waals surface area contributed by atoms with Gasteiger partial charge in [-0.1, -0.05) is 12.1 Å². The number of hydrogen-bond donors (Lipinski definition) is 0. The number of benzene rings is 2. The molecule has 2 aromatic carbocycles. The van der Waals surface area contributed by atoms with Crippen LogP contribution in [0.4, 0.5) is 0 Å². The van der Waals surface area contributed by atoms with E-state index in [1.165, 1.54) is 0 Å². The van der Waals surface area contributed by atoms with Gasteiger partial charge < -0.3 is 18.9 Å². The third-order valence-corrected chi connectivity index (χ3v) is 3.85. The summed E-state index contributed by atoms with van der Waals surface area (Å²) < 4.78 is 22.6. The Morgan fingerprint density at radius 2 is 1.80 bits per heavy atom. The number of hydrogen-bond acceptors (Lipinski definition) is 4. The Labute approximate surface area is 116 Å². The first-order valence-electron chi connectivity index (χ1n) is 6.49. The lowest BCUT2D eigenvalue weighted by Gasteiger charge is -2.30. The molecule has 102 valence electrons. The molecule has 2 heterocycles. The Hall–Kier alpha value is -2.36. The van der Waals surface area contributed by atoms with Gasteiger partial charge in [-0.2, -0.15) is 0 Å². The molecular weight excluding hydrogens is 256 g/mol. The lowest BCUT2D eigenvalue weighted by atomic mass is 9.90. The summed E-state index contributed by atoms with van der Waals surface area (Å²) in [5.41, 5.74) is 4.33. The van der Waals surface area contributed by atoms with Crippen LogP contribution >= 0.6 is 0 Å². The fraction of sp³-hybridized carbons (Fsp3) is 0.250. The van der Waals surface area contributed by atoms with E-state index in [0.717, 1.165) is 39.5 Å². The van der Waals surface area contributed by atoms with Crippen LogP contribution in [-0.4, -0.2) is 14.2 Å². The molecule has 20 heavy (non-hydrogen) atoms. The van der Waals surface area contributed by atoms with Crippen molar-refractivity contribution in [3.63, 3.8) is 0 Å². The van der Waals surface area contributed by atoms with Crippen LogP contribution in [0, 0.1) is 0 Å². The zero-order chi connectivity index (χ0) is 13.7. The maximum Gasteiger partial charge on any atom is 0.168 e. The summed E-state index contributed by atoms with van der Waals surface area (Å²) in [7, 11) is 3.27. The van der Waals surface area contributed by atoms with E-state index in [0.29, 0.717) is 19.0 Å². The SMILES string of the molecule is COc1cc2c3c(c1OC)COc1cccc(c1-3)CO2. The van der Waals surface area contributed by atoms with Crippen molar-refractivity contribution in [2.75, 3.05) is 14.2 Å². The molecule has 0 bridgehead atoms. The normalized spacial score (nSPS) is 13.9. The highest BCUT2D eigenvalue weighted by Crippen LogP contribution is 2.53. The van der Waals surface area contributed by atoms with Crippen LogP contribution in [0.3, 0.4) is 0 Å². The van der Waals surface area contributed by atoms with E-state index in [4.69, 9.17) is 18.9 Å². The van der Waals surface area contributed by atoms with Gasteiger partial charge in [-0.15, -0.1) is 0 Å². The topological polar surface area (TPSA) is 36.9 Å². The Morgan fingerprint density at radius 3 is 2.60 bits per heavy atom. The number of ether oxygens (including phenoxy) is 4. The summed E-state index contributed by atoms with van der Waals surface area (Å²) in [6.45, 7) is 1.01. The third kappa shape index (κ3) is 1.36. The molecule has 2 aromatic rings. The van der Waals surface area contributed by atoms with E-state index >= 15 is 0 Å². The van der Waals surface area contributed by atoms with Gasteiger partial charge in [0, 0.05) is 28.3 Å². The van der Waals surface area contributed by atoms with E-state index in [-0.39, 0.29) is 0 Å². The predicted molar refractivity (Wildman–Crippen MR) is 73.6 cm³/mol. The minimum absolute atomic E-state index is 0.461. The van der Waals surface area contributed by atoms with Gasteiger partial charge in [0.2, 0.25) is 0 Å². The second-order valence-corrected chi connectivity index (χ2v) is 4.83. The van der Waals surface area contributed by atoms with Gasteiger partial charge in [0.05, 0.1) is 14.2 Å². The first-order chi connectivity index (χ1) is 9.83. The van der Waals surface area contributed by atoms with Crippen LogP contribution in [0.25, 0.3) is 11.1 Å². The molecule has 0 amide bonds. The first-order valence-corrected chi connectivity index (χ1v) is 6.49. The van der Waals surface area contributed by atoms with E-state index < -0.39 is 0 Å². The lowest BCUT2D eigenvalue weighted by molar-refractivity contribution is 0.265. The van der Waals surface area contributed by atoms with Crippen LogP contribution in [0.15, 0.2) is 24.3 Å². The van der Waals surface area contributed by atoms with Crippen LogP contribution < -0.4 is 18.9 Å². The maximum atomic E-state index is 5.87. The molecule has 0 N–H and O–H groups in total. The van der Waals surface area contributed by atoms with E-state index in [1.54, 1.807) is 14.2 Å². The highest BCUT2D eigenvalue weighted by atomic mass is 16.5. The zero-order valence-electron chi connectivity index (χ0n) is 11.4. The van der Waals surface area contributed by atoms with Gasteiger partial charge in [-0.25, -0.2) is 0 Å². The maximum absolute atomic E-state index is 5.87. The van der Waals surface area contributed by atoms with Gasteiger partial charge in [0.1, 0.15) is 24.7 Å². The van der Waals surface area contributed by atoms with Gasteiger partial charge >= 0.3 is 0 Å². The van der Waals surface area contributed by atoms with Crippen molar-refractivity contribution in [1.82, 2.24) is 0 Å². The van der Waals surface area contributed by atoms with Crippen molar-refractivity contribution >= 4 is 0 Å². The lowest BCUT2D eigenvalue weighted by Crippen LogP contribution is -2.15. The zero-order valence-corrected chi connectivity index (χ0v) is 11.4. The Morgan fingerprint density at radius 1 is 0.950 bits per heavy atom. The smallest absolute Gasteiger partial charge is 0.168 e. The molecule has 4 rings (SSSR count). The van der Waals surface area contributed by atoms with Gasteiger partial charge in [-0.05, 0) is 6.07 Å². The second-order valence-electron chi connectivity index (χ2n) is 4.83. The molecule has 2 aliphatic heterocycles. The molecule has 4 nitrogen and oxygen atoms in total. The van der Waals surface area contributed by atoms with Crippen LogP contribution in [0.5, 0.6) is 23.0 Å². The summed E-state index contributed by atoms with van der Waals surface area (Å²) in [4.78, 5) is 0. The molecule has 0 aliphatic carbocycles. The quantitative estimate of drug-likeness (QED) is 0.840. The van der Waals surface area contributed by atoms with Gasteiger partial charge in [0.15, 0.2) is 11.5 Å². The first kappa shape index (κ1) is 11.5. The van der Waals surface area contributed by atoms with Crippen LogP contribution in [0.1, 0.15) is 11.1 Å². The molecule has 2 aliphatic rings. The van der Waals surface area contributed by atoms with E-state index in [9.17, 15) is 0 Å². The van der Waals surface area contributed by atoms with Gasteiger partial charge in [-0.3, -0.25) is 0 Å². The standard InChI is InChI=1S/C16H14O4/c1-17-13-6-12-15-10(16(13)18-2)8-20-11-5-3-4-9(7-19-12)14(11)15/h3-6H,7-8H2,1-2H3. The molecular formula is C16H14O4. The molecule has 4 heteroatoms. The minimum atomic E-state index is 0.461. The fourth-order valence-corrected chi connectivity index (χ4v) is 2.98. The summed E-state index contributed by atoms with van der Waals surface area (Å²) in [6, 6.07) is 7.95. The van der Waals surface area contributed by atoms with Gasteiger partial charge in [0.25, 0.3) is 0 Å². The Balaban J connectivity index is 2.08. The van der Waals surface area contributed by atoms with Crippen molar-refractivity contribution in [3.05, 3.63) is 35.4 Å². The Kier molecular flexibility index (Phi) is 2.33. The predicted octanol–water partition coefficient (Wildman–Crippen LogP) is 3.16. The van der Waals surface area contributed by atoms with Crippen LogP contribution in [-0.2, 0) is 13.2 Å². The highest BCUT2D eigenvalue weighted by molar-refractivity contribution is 5.86. The Bertz CT molecular complexity index is 692. The molecule has 0 fully saturated rings. The molecule has 0 unspecified atom stereocenters. The number of rotatable bonds is 2. The van der Waals surface area contributed by atoms with E-state index in [2.05, 4.69) is 6.07 Å². The highest BCUT2D eigenvalue weighted by Gasteiger charge is 2.31. The van der Waals surface area contributed by atoms with Crippen molar-refractivity contribution in [3.8, 4) is 34.1 Å². The van der Waals surface area contributed by atoms with E-state index in [1.807, 2.05) is 18.2 Å². The largest absolute Gasteiger partial charge is 0.493 e. The molecule has 0 spiro atoms. The summed E-state index contributed by atoms with van der Waals surface area (Å²) in [5, 5.41) is 0. The summed E-state index contributed by atoms with van der Waals surface area (Å²) in [6.07, 6.45) is 0. The second kappa shape index (κ2) is 4.07. The molecule has 0 aromatic heterocycles.